The molecule has 1 rings (SSSR count). The molecule has 0 unspecified atom stereocenters. The first-order valence-electron chi connectivity index (χ1n) is 4.89. The van der Waals surface area contributed by atoms with E-state index < -0.39 is 17.7 Å². The van der Waals surface area contributed by atoms with E-state index in [4.69, 9.17) is 14.4 Å². The molecule has 126 valence electrons. The molecule has 1 aliphatic rings. The average Bonchev–Trinajstić information content (AvgIpc) is 2.43. The third kappa shape index (κ3) is 10.0. The fraction of sp³-hybridized carbons (Fsp3) is 0.154. The number of alkyl halides is 5. The monoisotopic (exact) mass is 414 g/mol. The Bertz CT molecular complexity index is 396. The van der Waals surface area contributed by atoms with Crippen LogP contribution in [0, 0.1) is 0 Å². The van der Waals surface area contributed by atoms with Gasteiger partial charge in [-0.05, 0) is 0 Å². The molecule has 0 aliphatic heterocycles. The van der Waals surface area contributed by atoms with Gasteiger partial charge in [-0.1, -0.05) is 42.5 Å². The summed E-state index contributed by atoms with van der Waals surface area (Å²) < 4.78 is 61.6. The number of allylic oxidation sites excluding steroid dienone is 8. The summed E-state index contributed by atoms with van der Waals surface area (Å²) in [6.45, 7) is 6.00. The zero-order valence-corrected chi connectivity index (χ0v) is 12.9. The van der Waals surface area contributed by atoms with Gasteiger partial charge in [0.2, 0.25) is 0 Å². The van der Waals surface area contributed by atoms with E-state index >= 15 is 0 Å². The van der Waals surface area contributed by atoms with Crippen molar-refractivity contribution in [3.05, 3.63) is 48.1 Å². The van der Waals surface area contributed by atoms with Gasteiger partial charge in [-0.15, -0.1) is 0 Å². The molecule has 0 radical (unpaired) electrons. The van der Waals surface area contributed by atoms with Gasteiger partial charge in [0.05, 0.1) is 0 Å². The van der Waals surface area contributed by atoms with Crippen molar-refractivity contribution >= 4 is 20.4 Å². The SMILES string of the molecule is C=O.C=O.C=O.FC(F)(F)C(F)(F)C1=C/C=C\C=C/C=C\1.[Ru]. The van der Waals surface area contributed by atoms with Crippen molar-refractivity contribution in [1.82, 2.24) is 0 Å². The molecule has 0 heterocycles. The van der Waals surface area contributed by atoms with Gasteiger partial charge < -0.3 is 14.4 Å². The maximum atomic E-state index is 12.8. The van der Waals surface area contributed by atoms with E-state index in [0.29, 0.717) is 0 Å². The van der Waals surface area contributed by atoms with Gasteiger partial charge in [0.25, 0.3) is 0 Å². The fourth-order valence-corrected chi connectivity index (χ4v) is 0.939. The molecule has 0 aromatic heterocycles. The third-order valence-electron chi connectivity index (χ3n) is 1.71. The zero-order valence-electron chi connectivity index (χ0n) is 11.1. The Morgan fingerprint density at radius 3 is 1.45 bits per heavy atom. The molecule has 3 nitrogen and oxygen atoms in total. The first-order valence-corrected chi connectivity index (χ1v) is 4.89. The second-order valence-corrected chi connectivity index (χ2v) is 2.82. The predicted molar refractivity (Wildman–Crippen MR) is 67.9 cm³/mol. The minimum Gasteiger partial charge on any atom is -0.307 e. The van der Waals surface area contributed by atoms with E-state index in [2.05, 4.69) is 0 Å². The van der Waals surface area contributed by atoms with Crippen LogP contribution in [-0.2, 0) is 33.9 Å². The second-order valence-electron chi connectivity index (χ2n) is 2.82. The molecule has 0 atom stereocenters. The molecule has 0 aromatic carbocycles. The summed E-state index contributed by atoms with van der Waals surface area (Å²) in [6, 6.07) is 0. The van der Waals surface area contributed by atoms with Crippen molar-refractivity contribution in [1.29, 1.82) is 0 Å². The largest absolute Gasteiger partial charge is 0.458 e. The van der Waals surface area contributed by atoms with Crippen molar-refractivity contribution in [2.24, 2.45) is 0 Å². The number of carbonyl (C=O) groups excluding carboxylic acids is 3. The number of hydrogen-bond acceptors (Lipinski definition) is 3. The minimum absolute atomic E-state index is 0. The van der Waals surface area contributed by atoms with Gasteiger partial charge in [0.15, 0.2) is 0 Å². The number of hydrogen-bond donors (Lipinski definition) is 0. The van der Waals surface area contributed by atoms with E-state index in [1.807, 2.05) is 20.4 Å². The molecule has 0 saturated heterocycles. The molecule has 0 fully saturated rings. The molecule has 0 bridgehead atoms. The van der Waals surface area contributed by atoms with Crippen LogP contribution in [0.15, 0.2) is 48.1 Å². The Kier molecular flexibility index (Phi) is 20.2. The first-order chi connectivity index (χ1) is 9.86. The van der Waals surface area contributed by atoms with Crippen LogP contribution >= 0.6 is 0 Å². The summed E-state index contributed by atoms with van der Waals surface area (Å²) in [5.74, 6) is -4.82. The Hall–Kier alpha value is -1.76. The number of halogens is 5. The van der Waals surface area contributed by atoms with Crippen LogP contribution < -0.4 is 0 Å². The van der Waals surface area contributed by atoms with Crippen LogP contribution in [0.5, 0.6) is 0 Å². The molecule has 0 N–H and O–H groups in total. The third-order valence-corrected chi connectivity index (χ3v) is 1.71. The summed E-state index contributed by atoms with van der Waals surface area (Å²) in [4.78, 5) is 24.0. The van der Waals surface area contributed by atoms with Crippen molar-refractivity contribution < 1.29 is 55.8 Å². The number of carbonyl (C=O) groups is 3. The fourth-order valence-electron chi connectivity index (χ4n) is 0.939. The van der Waals surface area contributed by atoms with Crippen molar-refractivity contribution in [2.45, 2.75) is 12.1 Å². The molecule has 0 saturated carbocycles. The van der Waals surface area contributed by atoms with E-state index in [0.717, 1.165) is 24.3 Å². The van der Waals surface area contributed by atoms with Crippen LogP contribution in [-0.4, -0.2) is 32.5 Å². The van der Waals surface area contributed by atoms with Crippen LogP contribution in [0.4, 0.5) is 22.0 Å². The molecule has 0 amide bonds. The quantitative estimate of drug-likeness (QED) is 0.490. The Labute approximate surface area is 137 Å². The Morgan fingerprint density at radius 2 is 1.05 bits per heavy atom. The van der Waals surface area contributed by atoms with E-state index in [9.17, 15) is 22.0 Å². The summed E-state index contributed by atoms with van der Waals surface area (Å²) in [5, 5.41) is 0. The first kappa shape index (κ1) is 28.4. The topological polar surface area (TPSA) is 51.2 Å². The molecule has 0 aromatic rings. The van der Waals surface area contributed by atoms with E-state index in [1.54, 1.807) is 0 Å². The zero-order chi connectivity index (χ0) is 17.5. The van der Waals surface area contributed by atoms with Gasteiger partial charge in [-0.25, -0.2) is 0 Å². The van der Waals surface area contributed by atoms with Gasteiger partial charge >= 0.3 is 12.1 Å². The molecule has 9 heteroatoms. The summed E-state index contributed by atoms with van der Waals surface area (Å²) >= 11 is 0. The van der Waals surface area contributed by atoms with Crippen LogP contribution in [0.3, 0.4) is 0 Å². The van der Waals surface area contributed by atoms with Gasteiger partial charge in [0, 0.05) is 25.1 Å². The van der Waals surface area contributed by atoms with Crippen molar-refractivity contribution in [3.8, 4) is 0 Å². The summed E-state index contributed by atoms with van der Waals surface area (Å²) in [6.07, 6.45) is 2.45. The van der Waals surface area contributed by atoms with Gasteiger partial charge in [0.1, 0.15) is 20.4 Å². The van der Waals surface area contributed by atoms with Gasteiger partial charge in [-0.3, -0.25) is 0 Å². The molecular weight excluding hydrogens is 400 g/mol. The molecule has 22 heavy (non-hydrogen) atoms. The molecular formula is C13H13F5O3Ru. The molecule has 1 aliphatic carbocycles. The van der Waals surface area contributed by atoms with Crippen molar-refractivity contribution in [3.63, 3.8) is 0 Å². The summed E-state index contributed by atoms with van der Waals surface area (Å²) in [7, 11) is 0. The van der Waals surface area contributed by atoms with Crippen LogP contribution in [0.25, 0.3) is 0 Å². The van der Waals surface area contributed by atoms with Crippen LogP contribution in [0.2, 0.25) is 0 Å². The molecule has 0 spiro atoms. The average molecular weight is 413 g/mol. The van der Waals surface area contributed by atoms with Crippen LogP contribution in [0.1, 0.15) is 0 Å². The normalized spacial score (nSPS) is 19.0. The smallest absolute Gasteiger partial charge is 0.307 e. The summed E-state index contributed by atoms with van der Waals surface area (Å²) in [5.41, 5.74) is -1.07. The Balaban J connectivity index is -0.000000206. The standard InChI is InChI=1S/C10H7F5.3CH2O.Ru/c11-9(12,10(13,14)15)8-6-4-2-1-3-5-7-8;3*1-2;/h1-7H;3*1H2;/b2-1-,3-1?,4-2?,5-3-,6-4-,7-5?,8-6?,8-7+;;;;. The second kappa shape index (κ2) is 15.6. The van der Waals surface area contributed by atoms with E-state index in [-0.39, 0.29) is 19.5 Å². The Morgan fingerprint density at radius 1 is 0.682 bits per heavy atom. The van der Waals surface area contributed by atoms with E-state index in [1.165, 1.54) is 18.2 Å². The predicted octanol–water partition coefficient (Wildman–Crippen LogP) is 3.24. The van der Waals surface area contributed by atoms with Gasteiger partial charge in [-0.2, -0.15) is 22.0 Å². The maximum absolute atomic E-state index is 12.8. The van der Waals surface area contributed by atoms with Crippen molar-refractivity contribution in [2.75, 3.05) is 0 Å². The number of rotatable bonds is 1. The minimum atomic E-state index is -5.57. The maximum Gasteiger partial charge on any atom is 0.458 e.